The van der Waals surface area contributed by atoms with Gasteiger partial charge in [-0.05, 0) is 55.5 Å². The van der Waals surface area contributed by atoms with Gasteiger partial charge in [-0.3, -0.25) is 9.78 Å². The van der Waals surface area contributed by atoms with Crippen LogP contribution < -0.4 is 5.32 Å². The average molecular weight is 386 g/mol. The summed E-state index contributed by atoms with van der Waals surface area (Å²) in [6.07, 6.45) is 8.70. The van der Waals surface area contributed by atoms with Gasteiger partial charge in [0.1, 0.15) is 0 Å². The lowest BCUT2D eigenvalue weighted by molar-refractivity contribution is -0.117. The van der Waals surface area contributed by atoms with Gasteiger partial charge in [0, 0.05) is 17.8 Å². The quantitative estimate of drug-likeness (QED) is 0.675. The fourth-order valence-corrected chi connectivity index (χ4v) is 3.94. The molecular weight excluding hydrogens is 360 g/mol. The van der Waals surface area contributed by atoms with Gasteiger partial charge in [-0.2, -0.15) is 5.10 Å². The molecule has 2 heterocycles. The number of aryl methyl sites for hydroxylation is 1. The minimum absolute atomic E-state index is 0.0613. The number of rotatable bonds is 4. The van der Waals surface area contributed by atoms with Crippen molar-refractivity contribution in [2.75, 3.05) is 0 Å². The number of aromatic nitrogens is 3. The molecule has 0 aliphatic heterocycles. The molecule has 1 aliphatic rings. The van der Waals surface area contributed by atoms with Gasteiger partial charge in [-0.15, -0.1) is 0 Å². The predicted molar refractivity (Wildman–Crippen MR) is 115 cm³/mol. The maximum absolute atomic E-state index is 12.6. The molecule has 0 bridgehead atoms. The first kappa shape index (κ1) is 19.1. The molecule has 1 atom stereocenters. The van der Waals surface area contributed by atoms with E-state index >= 15 is 0 Å². The topological polar surface area (TPSA) is 59.8 Å². The van der Waals surface area contributed by atoms with Crippen LogP contribution in [0.2, 0.25) is 0 Å². The van der Waals surface area contributed by atoms with E-state index in [9.17, 15) is 4.79 Å². The monoisotopic (exact) mass is 386 g/mol. The third kappa shape index (κ3) is 4.29. The van der Waals surface area contributed by atoms with E-state index in [1.54, 1.807) is 18.3 Å². The van der Waals surface area contributed by atoms with Crippen LogP contribution in [0.3, 0.4) is 0 Å². The number of pyridine rings is 1. The van der Waals surface area contributed by atoms with Crippen LogP contribution in [0.25, 0.3) is 11.8 Å². The second-order valence-electron chi connectivity index (χ2n) is 8.49. The SMILES string of the molecule is Cc1ccc(-n2ncc3c2CC(C)(C)CC3NC(=O)/C=C/c2ccccn2)cc1. The second kappa shape index (κ2) is 7.66. The lowest BCUT2D eigenvalue weighted by Gasteiger charge is -2.35. The van der Waals surface area contributed by atoms with Crippen LogP contribution in [0, 0.1) is 12.3 Å². The Hall–Kier alpha value is -3.21. The third-order valence-corrected chi connectivity index (χ3v) is 5.37. The molecule has 5 heteroatoms. The molecule has 1 amide bonds. The summed E-state index contributed by atoms with van der Waals surface area (Å²) in [5.74, 6) is -0.118. The van der Waals surface area contributed by atoms with Crippen molar-refractivity contribution in [3.63, 3.8) is 0 Å². The minimum atomic E-state index is -0.118. The molecule has 4 rings (SSSR count). The molecule has 0 radical (unpaired) electrons. The van der Waals surface area contributed by atoms with E-state index in [1.807, 2.05) is 29.1 Å². The molecule has 2 aromatic heterocycles. The molecule has 1 aromatic carbocycles. The van der Waals surface area contributed by atoms with Crippen molar-refractivity contribution in [2.45, 2.75) is 39.7 Å². The number of nitrogens with one attached hydrogen (secondary N) is 1. The normalized spacial score (nSPS) is 17.8. The Labute approximate surface area is 171 Å². The zero-order valence-electron chi connectivity index (χ0n) is 17.1. The Morgan fingerprint density at radius 2 is 2.00 bits per heavy atom. The first-order valence-corrected chi connectivity index (χ1v) is 9.95. The van der Waals surface area contributed by atoms with Crippen LogP contribution in [-0.2, 0) is 11.2 Å². The lowest BCUT2D eigenvalue weighted by atomic mass is 9.74. The summed E-state index contributed by atoms with van der Waals surface area (Å²) >= 11 is 0. The number of carbonyl (C=O) groups excluding carboxylic acids is 1. The van der Waals surface area contributed by atoms with Crippen molar-refractivity contribution >= 4 is 12.0 Å². The number of hydrogen-bond acceptors (Lipinski definition) is 3. The molecule has 0 saturated heterocycles. The predicted octanol–water partition coefficient (Wildman–Crippen LogP) is 4.42. The second-order valence-corrected chi connectivity index (χ2v) is 8.49. The van der Waals surface area contributed by atoms with Gasteiger partial charge in [0.25, 0.3) is 0 Å². The van der Waals surface area contributed by atoms with Crippen LogP contribution in [0.5, 0.6) is 0 Å². The number of amides is 1. The first-order chi connectivity index (χ1) is 13.9. The van der Waals surface area contributed by atoms with E-state index in [1.165, 1.54) is 11.3 Å². The molecule has 148 valence electrons. The smallest absolute Gasteiger partial charge is 0.244 e. The Bertz CT molecular complexity index is 1030. The van der Waals surface area contributed by atoms with E-state index in [4.69, 9.17) is 0 Å². The summed E-state index contributed by atoms with van der Waals surface area (Å²) in [6.45, 7) is 6.56. The average Bonchev–Trinajstić information content (AvgIpc) is 3.10. The van der Waals surface area contributed by atoms with Gasteiger partial charge in [-0.25, -0.2) is 4.68 Å². The highest BCUT2D eigenvalue weighted by atomic mass is 16.1. The minimum Gasteiger partial charge on any atom is -0.346 e. The van der Waals surface area contributed by atoms with Crippen LogP contribution in [0.4, 0.5) is 0 Å². The maximum atomic E-state index is 12.6. The number of hydrogen-bond donors (Lipinski definition) is 1. The molecule has 5 nitrogen and oxygen atoms in total. The molecule has 29 heavy (non-hydrogen) atoms. The highest BCUT2D eigenvalue weighted by Crippen LogP contribution is 2.41. The zero-order valence-corrected chi connectivity index (χ0v) is 17.1. The summed E-state index contributed by atoms with van der Waals surface area (Å²) in [6, 6.07) is 13.9. The summed E-state index contributed by atoms with van der Waals surface area (Å²) in [5, 5.41) is 7.82. The van der Waals surface area contributed by atoms with Crippen LogP contribution >= 0.6 is 0 Å². The van der Waals surface area contributed by atoms with Crippen LogP contribution in [-0.4, -0.2) is 20.7 Å². The largest absolute Gasteiger partial charge is 0.346 e. The summed E-state index contributed by atoms with van der Waals surface area (Å²) in [4.78, 5) is 16.8. The highest BCUT2D eigenvalue weighted by Gasteiger charge is 2.35. The third-order valence-electron chi connectivity index (χ3n) is 5.37. The van der Waals surface area contributed by atoms with Gasteiger partial charge in [0.05, 0.1) is 29.3 Å². The molecule has 1 aliphatic carbocycles. The Morgan fingerprint density at radius 3 is 2.72 bits per heavy atom. The maximum Gasteiger partial charge on any atom is 0.244 e. The van der Waals surface area contributed by atoms with Crippen molar-refractivity contribution in [3.8, 4) is 5.69 Å². The molecule has 3 aromatic rings. The van der Waals surface area contributed by atoms with Crippen LogP contribution in [0.15, 0.2) is 60.9 Å². The van der Waals surface area contributed by atoms with Gasteiger partial charge >= 0.3 is 0 Å². The van der Waals surface area contributed by atoms with Crippen molar-refractivity contribution in [3.05, 3.63) is 83.4 Å². The fourth-order valence-electron chi connectivity index (χ4n) is 3.94. The fraction of sp³-hybridized carbons (Fsp3) is 0.292. The van der Waals surface area contributed by atoms with Crippen LogP contribution in [0.1, 0.15) is 48.8 Å². The van der Waals surface area contributed by atoms with Crippen molar-refractivity contribution in [1.82, 2.24) is 20.1 Å². The van der Waals surface area contributed by atoms with E-state index < -0.39 is 0 Å². The van der Waals surface area contributed by atoms with Gasteiger partial charge in [0.15, 0.2) is 0 Å². The number of fused-ring (bicyclic) bond motifs is 1. The number of carbonyl (C=O) groups is 1. The standard InChI is InChI=1S/C24H26N4O/c1-17-7-10-19(11-8-17)28-22-15-24(2,3)14-21(20(22)16-26-28)27-23(29)12-9-18-6-4-5-13-25-18/h4-13,16,21H,14-15H2,1-3H3,(H,27,29)/b12-9+. The Kier molecular flexibility index (Phi) is 5.05. The van der Waals surface area contributed by atoms with Gasteiger partial charge < -0.3 is 5.32 Å². The molecular formula is C24H26N4O. The van der Waals surface area contributed by atoms with E-state index in [-0.39, 0.29) is 17.4 Å². The summed E-state index contributed by atoms with van der Waals surface area (Å²) < 4.78 is 2.01. The lowest BCUT2D eigenvalue weighted by Crippen LogP contribution is -2.36. The summed E-state index contributed by atoms with van der Waals surface area (Å²) in [7, 11) is 0. The Morgan fingerprint density at radius 1 is 1.21 bits per heavy atom. The molecule has 1 N–H and O–H groups in total. The first-order valence-electron chi connectivity index (χ1n) is 9.95. The number of nitrogens with zero attached hydrogens (tertiary/aromatic N) is 3. The van der Waals surface area contributed by atoms with E-state index in [0.717, 1.165) is 29.8 Å². The number of benzene rings is 1. The molecule has 1 unspecified atom stereocenters. The molecule has 0 saturated carbocycles. The van der Waals surface area contributed by atoms with E-state index in [0.29, 0.717) is 0 Å². The van der Waals surface area contributed by atoms with E-state index in [2.05, 4.69) is 60.4 Å². The van der Waals surface area contributed by atoms with Crippen molar-refractivity contribution < 1.29 is 4.79 Å². The summed E-state index contributed by atoms with van der Waals surface area (Å²) in [5.41, 5.74) is 5.38. The zero-order chi connectivity index (χ0) is 20.4. The van der Waals surface area contributed by atoms with Crippen molar-refractivity contribution in [2.24, 2.45) is 5.41 Å². The highest BCUT2D eigenvalue weighted by molar-refractivity contribution is 5.91. The van der Waals surface area contributed by atoms with Crippen molar-refractivity contribution in [1.29, 1.82) is 0 Å². The van der Waals surface area contributed by atoms with Gasteiger partial charge in [-0.1, -0.05) is 37.6 Å². The Balaban J connectivity index is 1.59. The molecule has 0 fully saturated rings. The molecule has 0 spiro atoms. The van der Waals surface area contributed by atoms with Gasteiger partial charge in [0.2, 0.25) is 5.91 Å².